The minimum atomic E-state index is -0.825. The summed E-state index contributed by atoms with van der Waals surface area (Å²) < 4.78 is 3.70. The molecule has 7 heteroatoms. The van der Waals surface area contributed by atoms with Gasteiger partial charge in [0.15, 0.2) is 5.65 Å². The molecule has 7 nitrogen and oxygen atoms in total. The lowest BCUT2D eigenvalue weighted by Crippen LogP contribution is -2.09. The molecule has 0 saturated carbocycles. The van der Waals surface area contributed by atoms with Crippen molar-refractivity contribution in [2.24, 2.45) is 0 Å². The molecule has 0 aliphatic carbocycles. The molecule has 1 unspecified atom stereocenters. The van der Waals surface area contributed by atoms with Gasteiger partial charge >= 0.3 is 0 Å². The maximum absolute atomic E-state index is 11.3. The van der Waals surface area contributed by atoms with E-state index >= 15 is 0 Å². The largest absolute Gasteiger partial charge is 0.382 e. The maximum atomic E-state index is 11.3. The summed E-state index contributed by atoms with van der Waals surface area (Å²) in [5.74, 6) is 0. The van der Waals surface area contributed by atoms with Crippen LogP contribution in [-0.4, -0.2) is 34.7 Å². The summed E-state index contributed by atoms with van der Waals surface area (Å²) in [5, 5.41) is 24.4. The summed E-state index contributed by atoms with van der Waals surface area (Å²) in [4.78, 5) is 4.30. The Morgan fingerprint density at radius 2 is 1.67 bits per heavy atom. The van der Waals surface area contributed by atoms with Crippen molar-refractivity contribution in [3.8, 4) is 11.1 Å². The van der Waals surface area contributed by atoms with Gasteiger partial charge in [0.25, 0.3) is 0 Å². The Hall–Kier alpha value is -4.36. The van der Waals surface area contributed by atoms with Gasteiger partial charge in [0.1, 0.15) is 6.10 Å². The Morgan fingerprint density at radius 1 is 0.879 bits per heavy atom. The van der Waals surface area contributed by atoms with Gasteiger partial charge in [-0.15, -0.1) is 5.10 Å². The van der Waals surface area contributed by atoms with Crippen LogP contribution in [0.5, 0.6) is 0 Å². The zero-order valence-electron chi connectivity index (χ0n) is 17.7. The molecule has 0 amide bonds. The van der Waals surface area contributed by atoms with Gasteiger partial charge in [0, 0.05) is 11.9 Å². The third-order valence-electron chi connectivity index (χ3n) is 5.93. The van der Waals surface area contributed by atoms with Gasteiger partial charge in [-0.05, 0) is 50.9 Å². The predicted molar refractivity (Wildman–Crippen MR) is 126 cm³/mol. The number of imidazole rings is 1. The minimum Gasteiger partial charge on any atom is -0.382 e. The van der Waals surface area contributed by atoms with E-state index in [4.69, 9.17) is 0 Å². The normalized spacial score (nSPS) is 12.4. The van der Waals surface area contributed by atoms with Crippen LogP contribution in [-0.2, 0) is 6.54 Å². The number of hydrogen-bond donors (Lipinski definition) is 1. The molecule has 3 heterocycles. The van der Waals surface area contributed by atoms with Crippen molar-refractivity contribution in [2.45, 2.75) is 12.6 Å². The molecule has 1 N–H and O–H groups in total. The van der Waals surface area contributed by atoms with E-state index in [1.807, 2.05) is 65.2 Å². The average molecular weight is 432 g/mol. The lowest BCUT2D eigenvalue weighted by atomic mass is 9.97. The van der Waals surface area contributed by atoms with Gasteiger partial charge in [-0.25, -0.2) is 4.98 Å². The van der Waals surface area contributed by atoms with E-state index in [1.165, 1.54) is 0 Å². The molecule has 3 aromatic heterocycles. The van der Waals surface area contributed by atoms with Crippen molar-refractivity contribution < 1.29 is 5.11 Å². The number of nitrogens with zero attached hydrogens (tertiary/aromatic N) is 6. The maximum Gasteiger partial charge on any atom is 0.180 e. The Labute approximate surface area is 189 Å². The van der Waals surface area contributed by atoms with Gasteiger partial charge in [-0.2, -0.15) is 4.52 Å². The molecule has 160 valence electrons. The summed E-state index contributed by atoms with van der Waals surface area (Å²) in [7, 11) is 0. The van der Waals surface area contributed by atoms with Crippen molar-refractivity contribution in [2.75, 3.05) is 0 Å². The molecule has 0 aliphatic rings. The molecule has 3 aromatic carbocycles. The quantitative estimate of drug-likeness (QED) is 0.440. The molecule has 0 bridgehead atoms. The summed E-state index contributed by atoms with van der Waals surface area (Å²) in [6.45, 7) is 0.640. The third kappa shape index (κ3) is 3.44. The first kappa shape index (κ1) is 19.3. The fourth-order valence-corrected chi connectivity index (χ4v) is 4.28. The zero-order valence-corrected chi connectivity index (χ0v) is 17.7. The fourth-order valence-electron chi connectivity index (χ4n) is 4.28. The third-order valence-corrected chi connectivity index (χ3v) is 5.93. The first-order valence-electron chi connectivity index (χ1n) is 10.7. The fraction of sp³-hybridized carbons (Fsp3) is 0.0769. The predicted octanol–water partition coefficient (Wildman–Crippen LogP) is 4.27. The van der Waals surface area contributed by atoms with Crippen LogP contribution in [0.2, 0.25) is 0 Å². The van der Waals surface area contributed by atoms with Crippen LogP contribution in [0.15, 0.2) is 97.5 Å². The Kier molecular flexibility index (Phi) is 4.66. The van der Waals surface area contributed by atoms with Crippen molar-refractivity contribution >= 4 is 16.6 Å². The number of benzene rings is 3. The van der Waals surface area contributed by atoms with Gasteiger partial charge < -0.3 is 9.67 Å². The van der Waals surface area contributed by atoms with E-state index in [2.05, 4.69) is 44.8 Å². The van der Waals surface area contributed by atoms with Gasteiger partial charge in [-0.1, -0.05) is 66.7 Å². The molecule has 1 atom stereocenters. The summed E-state index contributed by atoms with van der Waals surface area (Å²) in [6.07, 6.45) is 2.65. The Bertz CT molecular complexity index is 1560. The molecule has 6 rings (SSSR count). The molecule has 0 spiro atoms. The van der Waals surface area contributed by atoms with E-state index in [0.717, 1.165) is 38.9 Å². The van der Waals surface area contributed by atoms with E-state index < -0.39 is 6.10 Å². The van der Waals surface area contributed by atoms with E-state index in [9.17, 15) is 5.11 Å². The van der Waals surface area contributed by atoms with Crippen LogP contribution in [0.4, 0.5) is 0 Å². The Balaban J connectivity index is 1.47. The molecular formula is C26H20N6O. The van der Waals surface area contributed by atoms with Gasteiger partial charge in [0.2, 0.25) is 0 Å². The molecule has 0 radical (unpaired) electrons. The number of aromatic nitrogens is 6. The monoisotopic (exact) mass is 432 g/mol. The minimum absolute atomic E-state index is 0.640. The summed E-state index contributed by atoms with van der Waals surface area (Å²) >= 11 is 0. The topological polar surface area (TPSA) is 81.1 Å². The van der Waals surface area contributed by atoms with Crippen molar-refractivity contribution in [1.82, 2.24) is 29.6 Å². The second kappa shape index (κ2) is 7.96. The van der Waals surface area contributed by atoms with Crippen LogP contribution < -0.4 is 0 Å². The standard InChI is InChI=1S/C26H20N6O/c33-26(24-15-27-17-31(24)16-18-7-3-1-4-8-18)20-11-12-23-22(13-20)21(19-9-5-2-6-10-19)14-25-28-29-30-32(23)25/h1-15,17,26,33H,16H2. The average Bonchev–Trinajstić information content (AvgIpc) is 3.53. The molecule has 0 saturated heterocycles. The first-order chi connectivity index (χ1) is 16.3. The van der Waals surface area contributed by atoms with Crippen molar-refractivity contribution in [3.05, 3.63) is 114 Å². The molecule has 33 heavy (non-hydrogen) atoms. The second-order valence-corrected chi connectivity index (χ2v) is 7.98. The molecular weight excluding hydrogens is 412 g/mol. The van der Waals surface area contributed by atoms with Crippen molar-refractivity contribution in [3.63, 3.8) is 0 Å². The Morgan fingerprint density at radius 3 is 2.48 bits per heavy atom. The molecule has 0 fully saturated rings. The molecule has 6 aromatic rings. The SMILES string of the molecule is OC(c1ccc2c(c1)c(-c1ccccc1)cc1nnnn12)c1cncn1Cc1ccccc1. The van der Waals surface area contributed by atoms with Crippen LogP contribution >= 0.6 is 0 Å². The highest BCUT2D eigenvalue weighted by Gasteiger charge is 2.18. The number of fused-ring (bicyclic) bond motifs is 3. The van der Waals surface area contributed by atoms with Gasteiger partial charge in [0.05, 0.1) is 23.7 Å². The number of tetrazole rings is 1. The first-order valence-corrected chi connectivity index (χ1v) is 10.7. The van der Waals surface area contributed by atoms with Crippen LogP contribution in [0.3, 0.4) is 0 Å². The smallest absolute Gasteiger partial charge is 0.180 e. The lowest BCUT2D eigenvalue weighted by molar-refractivity contribution is 0.210. The summed E-state index contributed by atoms with van der Waals surface area (Å²) in [6, 6.07) is 28.2. The number of pyridine rings is 1. The zero-order chi connectivity index (χ0) is 22.2. The van der Waals surface area contributed by atoms with E-state index in [1.54, 1.807) is 17.0 Å². The van der Waals surface area contributed by atoms with Crippen LogP contribution in [0, 0.1) is 0 Å². The van der Waals surface area contributed by atoms with Crippen molar-refractivity contribution in [1.29, 1.82) is 0 Å². The number of hydrogen-bond acceptors (Lipinski definition) is 5. The van der Waals surface area contributed by atoms with E-state index in [-0.39, 0.29) is 0 Å². The highest BCUT2D eigenvalue weighted by Crippen LogP contribution is 2.33. The second-order valence-electron chi connectivity index (χ2n) is 7.98. The van der Waals surface area contributed by atoms with E-state index in [0.29, 0.717) is 12.2 Å². The van der Waals surface area contributed by atoms with Crippen LogP contribution in [0.1, 0.15) is 22.9 Å². The number of aliphatic hydroxyl groups excluding tert-OH is 1. The number of aliphatic hydroxyl groups is 1. The lowest BCUT2D eigenvalue weighted by Gasteiger charge is -2.16. The molecule has 0 aliphatic heterocycles. The highest BCUT2D eigenvalue weighted by molar-refractivity contribution is 5.97. The summed E-state index contributed by atoms with van der Waals surface area (Å²) in [5.41, 5.74) is 6.30. The van der Waals surface area contributed by atoms with Gasteiger partial charge in [-0.3, -0.25) is 0 Å². The highest BCUT2D eigenvalue weighted by atomic mass is 16.3. The van der Waals surface area contributed by atoms with Crippen LogP contribution in [0.25, 0.3) is 27.7 Å². The number of rotatable bonds is 5.